The molecule has 1 nitrogen and oxygen atoms in total. The third-order valence-corrected chi connectivity index (χ3v) is 2.61. The summed E-state index contributed by atoms with van der Waals surface area (Å²) in [6.07, 6.45) is 7.66. The van der Waals surface area contributed by atoms with Gasteiger partial charge in [-0.05, 0) is 35.8 Å². The van der Waals surface area contributed by atoms with E-state index in [1.165, 1.54) is 11.1 Å². The van der Waals surface area contributed by atoms with Crippen LogP contribution in [-0.4, -0.2) is 4.98 Å². The molecule has 1 aromatic heterocycles. The molecule has 0 atom stereocenters. The topological polar surface area (TPSA) is 12.9 Å². The van der Waals surface area contributed by atoms with E-state index in [0.717, 1.165) is 11.1 Å². The second-order valence-corrected chi connectivity index (χ2v) is 4.01. The second-order valence-electron chi connectivity index (χ2n) is 4.01. The van der Waals surface area contributed by atoms with Crippen LogP contribution in [0.5, 0.6) is 0 Å². The first-order valence-corrected chi connectivity index (χ1v) is 5.60. The fraction of sp³-hybridized carbons (Fsp3) is 0.0625. The van der Waals surface area contributed by atoms with E-state index >= 15 is 0 Å². The second kappa shape index (κ2) is 5.26. The molecule has 0 N–H and O–H groups in total. The van der Waals surface area contributed by atoms with Crippen molar-refractivity contribution in [1.29, 1.82) is 0 Å². The van der Waals surface area contributed by atoms with E-state index in [2.05, 4.69) is 48.8 Å². The maximum absolute atomic E-state index is 4.04. The van der Waals surface area contributed by atoms with Gasteiger partial charge in [-0.2, -0.15) is 0 Å². The van der Waals surface area contributed by atoms with Crippen LogP contribution in [0.4, 0.5) is 0 Å². The average molecular weight is 221 g/mol. The minimum Gasteiger partial charge on any atom is -0.265 e. The molecule has 0 saturated carbocycles. The van der Waals surface area contributed by atoms with Crippen LogP contribution in [0, 0.1) is 6.92 Å². The van der Waals surface area contributed by atoms with Gasteiger partial charge in [0.15, 0.2) is 0 Å². The Morgan fingerprint density at radius 2 is 1.71 bits per heavy atom. The molecule has 0 spiro atoms. The highest BCUT2D eigenvalue weighted by Crippen LogP contribution is 2.14. The Balaban J connectivity index is 2.11. The van der Waals surface area contributed by atoms with Crippen LogP contribution in [0.25, 0.3) is 11.6 Å². The Bertz CT molecular complexity index is 521. The Hall–Kier alpha value is -2.15. The Morgan fingerprint density at radius 1 is 1.06 bits per heavy atom. The minimum absolute atomic E-state index is 0.993. The van der Waals surface area contributed by atoms with E-state index < -0.39 is 0 Å². The molecule has 84 valence electrons. The molecule has 1 heteroatoms. The van der Waals surface area contributed by atoms with Crippen LogP contribution in [0.1, 0.15) is 16.7 Å². The Kier molecular flexibility index (Phi) is 3.51. The molecule has 17 heavy (non-hydrogen) atoms. The maximum Gasteiger partial charge on any atom is 0.0273 e. The Labute approximate surface area is 102 Å². The lowest BCUT2D eigenvalue weighted by Gasteiger charge is -1.99. The monoisotopic (exact) mass is 221 g/mol. The van der Waals surface area contributed by atoms with Crippen molar-refractivity contribution in [1.82, 2.24) is 4.98 Å². The van der Waals surface area contributed by atoms with Crippen molar-refractivity contribution in [2.45, 2.75) is 6.92 Å². The zero-order valence-electron chi connectivity index (χ0n) is 9.93. The summed E-state index contributed by atoms with van der Waals surface area (Å²) in [6.45, 7) is 6.13. The standard InChI is InChI=1S/C16H15N/c1-13-3-6-15(7-4-13)8-5-14(2)16-9-11-17-12-10-16/h3-12H,2H2,1H3/b8-5+. The van der Waals surface area contributed by atoms with Gasteiger partial charge in [0, 0.05) is 12.4 Å². The normalized spacial score (nSPS) is 10.6. The van der Waals surface area contributed by atoms with Gasteiger partial charge in [-0.3, -0.25) is 4.98 Å². The van der Waals surface area contributed by atoms with Crippen LogP contribution in [0.15, 0.2) is 61.4 Å². The van der Waals surface area contributed by atoms with E-state index in [4.69, 9.17) is 0 Å². The van der Waals surface area contributed by atoms with Crippen molar-refractivity contribution >= 4 is 11.6 Å². The third-order valence-electron chi connectivity index (χ3n) is 2.61. The lowest BCUT2D eigenvalue weighted by molar-refractivity contribution is 1.32. The summed E-state index contributed by atoms with van der Waals surface area (Å²) in [5.41, 5.74) is 4.55. The summed E-state index contributed by atoms with van der Waals surface area (Å²) >= 11 is 0. The van der Waals surface area contributed by atoms with Gasteiger partial charge >= 0.3 is 0 Å². The van der Waals surface area contributed by atoms with E-state index in [9.17, 15) is 0 Å². The number of nitrogens with zero attached hydrogens (tertiary/aromatic N) is 1. The van der Waals surface area contributed by atoms with E-state index in [-0.39, 0.29) is 0 Å². The first kappa shape index (κ1) is 11.3. The van der Waals surface area contributed by atoms with Crippen molar-refractivity contribution in [3.63, 3.8) is 0 Å². The molecule has 1 heterocycles. The van der Waals surface area contributed by atoms with Gasteiger partial charge in [-0.15, -0.1) is 0 Å². The lowest BCUT2D eigenvalue weighted by Crippen LogP contribution is -1.79. The summed E-state index contributed by atoms with van der Waals surface area (Å²) in [4.78, 5) is 3.99. The molecule has 0 aliphatic rings. The number of hydrogen-bond acceptors (Lipinski definition) is 1. The quantitative estimate of drug-likeness (QED) is 0.710. The van der Waals surface area contributed by atoms with Crippen LogP contribution in [-0.2, 0) is 0 Å². The number of rotatable bonds is 3. The van der Waals surface area contributed by atoms with Crippen LogP contribution >= 0.6 is 0 Å². The minimum atomic E-state index is 0.993. The van der Waals surface area contributed by atoms with Crippen molar-refractivity contribution in [3.8, 4) is 0 Å². The smallest absolute Gasteiger partial charge is 0.0273 e. The molecule has 0 amide bonds. The number of pyridine rings is 1. The van der Waals surface area contributed by atoms with Crippen LogP contribution in [0.2, 0.25) is 0 Å². The largest absolute Gasteiger partial charge is 0.265 e. The number of aromatic nitrogens is 1. The first-order valence-electron chi connectivity index (χ1n) is 5.60. The van der Waals surface area contributed by atoms with Gasteiger partial charge < -0.3 is 0 Å². The first-order chi connectivity index (χ1) is 8.25. The highest BCUT2D eigenvalue weighted by Gasteiger charge is 1.93. The number of hydrogen-bond donors (Lipinski definition) is 0. The third kappa shape index (κ3) is 3.15. The van der Waals surface area contributed by atoms with Crippen molar-refractivity contribution in [2.75, 3.05) is 0 Å². The van der Waals surface area contributed by atoms with Crippen LogP contribution < -0.4 is 0 Å². The molecule has 0 fully saturated rings. The van der Waals surface area contributed by atoms with E-state index in [1.54, 1.807) is 12.4 Å². The van der Waals surface area contributed by atoms with Gasteiger partial charge in [0.05, 0.1) is 0 Å². The summed E-state index contributed by atoms with van der Waals surface area (Å²) in [6, 6.07) is 12.3. The molecule has 0 aliphatic carbocycles. The lowest BCUT2D eigenvalue weighted by atomic mass is 10.1. The van der Waals surface area contributed by atoms with Crippen molar-refractivity contribution in [2.24, 2.45) is 0 Å². The van der Waals surface area contributed by atoms with Crippen molar-refractivity contribution in [3.05, 3.63) is 78.1 Å². The zero-order chi connectivity index (χ0) is 12.1. The molecule has 0 unspecified atom stereocenters. The summed E-state index contributed by atoms with van der Waals surface area (Å²) in [5, 5.41) is 0. The van der Waals surface area contributed by atoms with E-state index in [1.807, 2.05) is 18.2 Å². The molecule has 0 radical (unpaired) electrons. The molecular formula is C16H15N. The maximum atomic E-state index is 4.04. The highest BCUT2D eigenvalue weighted by atomic mass is 14.6. The van der Waals surface area contributed by atoms with Gasteiger partial charge in [0.25, 0.3) is 0 Å². The SMILES string of the molecule is C=C(/C=C/c1ccc(C)cc1)c1ccncc1. The van der Waals surface area contributed by atoms with Gasteiger partial charge in [-0.1, -0.05) is 48.6 Å². The molecule has 0 saturated heterocycles. The molecule has 0 bridgehead atoms. The molecular weight excluding hydrogens is 206 g/mol. The van der Waals surface area contributed by atoms with Crippen molar-refractivity contribution < 1.29 is 0 Å². The number of benzene rings is 1. The summed E-state index contributed by atoms with van der Waals surface area (Å²) < 4.78 is 0. The predicted molar refractivity (Wildman–Crippen MR) is 73.5 cm³/mol. The molecule has 1 aromatic carbocycles. The average Bonchev–Trinajstić information content (AvgIpc) is 2.39. The molecule has 0 aliphatic heterocycles. The van der Waals surface area contributed by atoms with Gasteiger partial charge in [0.1, 0.15) is 0 Å². The predicted octanol–water partition coefficient (Wildman–Crippen LogP) is 4.12. The number of allylic oxidation sites excluding steroid dienone is 2. The molecule has 2 rings (SSSR count). The van der Waals surface area contributed by atoms with Crippen LogP contribution in [0.3, 0.4) is 0 Å². The fourth-order valence-electron chi connectivity index (χ4n) is 1.54. The molecule has 2 aromatic rings. The summed E-state index contributed by atoms with van der Waals surface area (Å²) in [7, 11) is 0. The van der Waals surface area contributed by atoms with Gasteiger partial charge in [-0.25, -0.2) is 0 Å². The highest BCUT2D eigenvalue weighted by molar-refractivity contribution is 5.76. The number of aryl methyl sites for hydroxylation is 1. The Morgan fingerprint density at radius 3 is 2.35 bits per heavy atom. The fourth-order valence-corrected chi connectivity index (χ4v) is 1.54. The zero-order valence-corrected chi connectivity index (χ0v) is 9.93. The van der Waals surface area contributed by atoms with E-state index in [0.29, 0.717) is 0 Å². The van der Waals surface area contributed by atoms with Gasteiger partial charge in [0.2, 0.25) is 0 Å². The summed E-state index contributed by atoms with van der Waals surface area (Å²) in [5.74, 6) is 0.